The second-order valence-electron chi connectivity index (χ2n) is 6.17. The summed E-state index contributed by atoms with van der Waals surface area (Å²) in [6, 6.07) is 9.40. The molecule has 0 heterocycles. The van der Waals surface area contributed by atoms with Crippen LogP contribution in [0.3, 0.4) is 0 Å². The summed E-state index contributed by atoms with van der Waals surface area (Å²) in [7, 11) is 1.52. The molecular weight excluding hydrogens is 266 g/mol. The molecule has 4 nitrogen and oxygen atoms in total. The predicted octanol–water partition coefficient (Wildman–Crippen LogP) is 2.43. The number of carbonyl (C=O) groups excluding carboxylic acids is 1. The van der Waals surface area contributed by atoms with E-state index in [-0.39, 0.29) is 5.91 Å². The van der Waals surface area contributed by atoms with Crippen LogP contribution in [0.1, 0.15) is 44.3 Å². The van der Waals surface area contributed by atoms with Gasteiger partial charge in [0.25, 0.3) is 5.91 Å². The monoisotopic (exact) mass is 291 g/mol. The normalized spacial score (nSPS) is 27.1. The zero-order valence-electron chi connectivity index (χ0n) is 12.8. The average Bonchev–Trinajstić information content (AvgIpc) is 2.47. The maximum absolute atomic E-state index is 12.3. The second kappa shape index (κ2) is 7.05. The molecule has 1 aromatic rings. The molecule has 0 aliphatic heterocycles. The van der Waals surface area contributed by atoms with Gasteiger partial charge >= 0.3 is 0 Å². The number of methoxy groups -OCH3 is 1. The average molecular weight is 291 g/mol. The minimum atomic E-state index is -0.775. The van der Waals surface area contributed by atoms with Gasteiger partial charge in [-0.1, -0.05) is 50.1 Å². The Hall–Kier alpha value is -1.39. The standard InChI is InChI=1S/C17H25NO3/c1-13-7-6-10-17(20,11-13)12-18-16(19)15(21-2)14-8-4-3-5-9-14/h3-5,8-9,13,15,20H,6-7,10-12H2,1-2H3,(H,18,19). The molecule has 1 saturated carbocycles. The molecule has 1 aliphatic carbocycles. The Morgan fingerprint density at radius 1 is 1.48 bits per heavy atom. The van der Waals surface area contributed by atoms with E-state index in [0.717, 1.165) is 31.2 Å². The van der Waals surface area contributed by atoms with Crippen molar-refractivity contribution in [3.05, 3.63) is 35.9 Å². The van der Waals surface area contributed by atoms with Crippen molar-refractivity contribution in [1.82, 2.24) is 5.32 Å². The lowest BCUT2D eigenvalue weighted by Gasteiger charge is -2.35. The van der Waals surface area contributed by atoms with E-state index in [4.69, 9.17) is 4.74 Å². The molecule has 2 N–H and O–H groups in total. The van der Waals surface area contributed by atoms with E-state index in [1.807, 2.05) is 30.3 Å². The van der Waals surface area contributed by atoms with Gasteiger partial charge in [-0.15, -0.1) is 0 Å². The summed E-state index contributed by atoms with van der Waals surface area (Å²) >= 11 is 0. The van der Waals surface area contributed by atoms with Gasteiger partial charge in [0.2, 0.25) is 0 Å². The first kappa shape index (κ1) is 16.0. The summed E-state index contributed by atoms with van der Waals surface area (Å²) in [6.07, 6.45) is 3.04. The van der Waals surface area contributed by atoms with Crippen molar-refractivity contribution >= 4 is 5.91 Å². The number of nitrogens with one attached hydrogen (secondary N) is 1. The Labute approximate surface area is 126 Å². The van der Waals surface area contributed by atoms with Crippen molar-refractivity contribution in [3.8, 4) is 0 Å². The van der Waals surface area contributed by atoms with Crippen molar-refractivity contribution in [1.29, 1.82) is 0 Å². The van der Waals surface area contributed by atoms with Crippen LogP contribution in [0.4, 0.5) is 0 Å². The van der Waals surface area contributed by atoms with Crippen LogP contribution in [0.2, 0.25) is 0 Å². The van der Waals surface area contributed by atoms with Gasteiger partial charge in [-0.05, 0) is 24.3 Å². The summed E-state index contributed by atoms with van der Waals surface area (Å²) in [5.41, 5.74) is 0.0453. The van der Waals surface area contributed by atoms with E-state index in [0.29, 0.717) is 12.5 Å². The molecule has 1 fully saturated rings. The molecule has 3 unspecified atom stereocenters. The predicted molar refractivity (Wildman–Crippen MR) is 81.8 cm³/mol. The number of ether oxygens (including phenoxy) is 1. The fourth-order valence-electron chi connectivity index (χ4n) is 3.16. The van der Waals surface area contributed by atoms with E-state index in [2.05, 4.69) is 12.2 Å². The molecule has 2 rings (SSSR count). The summed E-state index contributed by atoms with van der Waals surface area (Å²) < 4.78 is 5.30. The van der Waals surface area contributed by atoms with Gasteiger partial charge < -0.3 is 15.2 Å². The lowest BCUT2D eigenvalue weighted by molar-refractivity contribution is -0.133. The number of hydrogen-bond donors (Lipinski definition) is 2. The highest BCUT2D eigenvalue weighted by Gasteiger charge is 2.33. The first-order chi connectivity index (χ1) is 10.0. The topological polar surface area (TPSA) is 58.6 Å². The minimum Gasteiger partial charge on any atom is -0.388 e. The molecule has 0 bridgehead atoms. The summed E-state index contributed by atoms with van der Waals surface area (Å²) in [5.74, 6) is 0.309. The fraction of sp³-hybridized carbons (Fsp3) is 0.588. The molecule has 0 aromatic heterocycles. The zero-order valence-corrected chi connectivity index (χ0v) is 12.8. The molecule has 0 saturated heterocycles. The molecule has 0 radical (unpaired) electrons. The molecule has 1 aromatic carbocycles. The van der Waals surface area contributed by atoms with Crippen LogP contribution in [-0.4, -0.2) is 30.3 Å². The molecule has 21 heavy (non-hydrogen) atoms. The highest BCUT2D eigenvalue weighted by atomic mass is 16.5. The van der Waals surface area contributed by atoms with Crippen molar-refractivity contribution in [2.24, 2.45) is 5.92 Å². The van der Waals surface area contributed by atoms with Crippen LogP contribution >= 0.6 is 0 Å². The van der Waals surface area contributed by atoms with Crippen LogP contribution in [-0.2, 0) is 9.53 Å². The Morgan fingerprint density at radius 2 is 2.19 bits per heavy atom. The molecule has 1 aliphatic rings. The number of benzene rings is 1. The number of carbonyl (C=O) groups is 1. The Kier molecular flexibility index (Phi) is 5.37. The van der Waals surface area contributed by atoms with Crippen LogP contribution < -0.4 is 5.32 Å². The van der Waals surface area contributed by atoms with Crippen LogP contribution in [0.5, 0.6) is 0 Å². The quantitative estimate of drug-likeness (QED) is 0.876. The SMILES string of the molecule is COC(C(=O)NCC1(O)CCCC(C)C1)c1ccccc1. The molecule has 116 valence electrons. The van der Waals surface area contributed by atoms with Gasteiger partial charge in [0.05, 0.1) is 5.60 Å². The van der Waals surface area contributed by atoms with Crippen LogP contribution in [0.25, 0.3) is 0 Å². The smallest absolute Gasteiger partial charge is 0.253 e. The summed E-state index contributed by atoms with van der Waals surface area (Å²) in [5, 5.41) is 13.4. The third-order valence-electron chi connectivity index (χ3n) is 4.24. The van der Waals surface area contributed by atoms with Gasteiger partial charge in [-0.25, -0.2) is 0 Å². The fourth-order valence-corrected chi connectivity index (χ4v) is 3.16. The molecule has 3 atom stereocenters. The molecule has 0 spiro atoms. The third kappa shape index (κ3) is 4.29. The number of aliphatic hydroxyl groups is 1. The highest BCUT2D eigenvalue weighted by molar-refractivity contribution is 5.82. The van der Waals surface area contributed by atoms with Crippen LogP contribution in [0.15, 0.2) is 30.3 Å². The number of rotatable bonds is 5. The van der Waals surface area contributed by atoms with E-state index in [1.54, 1.807) is 0 Å². The minimum absolute atomic E-state index is 0.199. The number of hydrogen-bond acceptors (Lipinski definition) is 3. The van der Waals surface area contributed by atoms with Gasteiger partial charge in [0.1, 0.15) is 0 Å². The molecule has 1 amide bonds. The van der Waals surface area contributed by atoms with Gasteiger partial charge in [-0.3, -0.25) is 4.79 Å². The van der Waals surface area contributed by atoms with E-state index in [9.17, 15) is 9.90 Å². The molecular formula is C17H25NO3. The van der Waals surface area contributed by atoms with Gasteiger partial charge in [-0.2, -0.15) is 0 Å². The molecule has 4 heteroatoms. The van der Waals surface area contributed by atoms with Crippen molar-refractivity contribution in [3.63, 3.8) is 0 Å². The van der Waals surface area contributed by atoms with Crippen molar-refractivity contribution in [2.75, 3.05) is 13.7 Å². The van der Waals surface area contributed by atoms with E-state index >= 15 is 0 Å². The first-order valence-corrected chi connectivity index (χ1v) is 7.62. The maximum atomic E-state index is 12.3. The third-order valence-corrected chi connectivity index (χ3v) is 4.24. The summed E-state index contributed by atoms with van der Waals surface area (Å²) in [4.78, 5) is 12.3. The van der Waals surface area contributed by atoms with Crippen molar-refractivity contribution < 1.29 is 14.6 Å². The Bertz CT molecular complexity index is 462. The van der Waals surface area contributed by atoms with Gasteiger partial charge in [0.15, 0.2) is 6.10 Å². The number of amides is 1. The van der Waals surface area contributed by atoms with Gasteiger partial charge in [0, 0.05) is 13.7 Å². The lowest BCUT2D eigenvalue weighted by atomic mass is 9.79. The first-order valence-electron chi connectivity index (χ1n) is 7.62. The Balaban J connectivity index is 1.94. The van der Waals surface area contributed by atoms with Crippen LogP contribution in [0, 0.1) is 5.92 Å². The second-order valence-corrected chi connectivity index (χ2v) is 6.17. The Morgan fingerprint density at radius 3 is 2.81 bits per heavy atom. The van der Waals surface area contributed by atoms with Crippen molar-refractivity contribution in [2.45, 2.75) is 44.3 Å². The zero-order chi connectivity index (χ0) is 15.3. The van der Waals surface area contributed by atoms with E-state index < -0.39 is 11.7 Å². The highest BCUT2D eigenvalue weighted by Crippen LogP contribution is 2.31. The maximum Gasteiger partial charge on any atom is 0.253 e. The van der Waals surface area contributed by atoms with E-state index in [1.165, 1.54) is 7.11 Å². The lowest BCUT2D eigenvalue weighted by Crippen LogP contribution is -2.47. The summed E-state index contributed by atoms with van der Waals surface area (Å²) in [6.45, 7) is 2.44. The largest absolute Gasteiger partial charge is 0.388 e.